The third-order valence-electron chi connectivity index (χ3n) is 1.87. The van der Waals surface area contributed by atoms with Gasteiger partial charge in [0.2, 0.25) is 5.88 Å². The molecule has 0 aliphatic rings. The lowest BCUT2D eigenvalue weighted by atomic mass is 10.3. The van der Waals surface area contributed by atoms with Gasteiger partial charge in [-0.3, -0.25) is 0 Å². The van der Waals surface area contributed by atoms with E-state index in [1.54, 1.807) is 6.07 Å². The predicted octanol–water partition coefficient (Wildman–Crippen LogP) is 2.73. The Balaban J connectivity index is 2.20. The summed E-state index contributed by atoms with van der Waals surface area (Å²) in [6.45, 7) is 0. The highest BCUT2D eigenvalue weighted by Crippen LogP contribution is 2.21. The van der Waals surface area contributed by atoms with Crippen molar-refractivity contribution in [2.75, 3.05) is 5.73 Å². The van der Waals surface area contributed by atoms with Crippen LogP contribution < -0.4 is 10.5 Å². The average Bonchev–Trinajstić information content (AvgIpc) is 2.27. The number of ether oxygens (including phenoxy) is 1. The first kappa shape index (κ1) is 10.4. The predicted molar refractivity (Wildman–Crippen MR) is 55.1 cm³/mol. The molecule has 0 radical (unpaired) electrons. The first-order chi connectivity index (χ1) is 7.65. The van der Waals surface area contributed by atoms with E-state index < -0.39 is 11.6 Å². The fourth-order valence-corrected chi connectivity index (χ4v) is 1.11. The van der Waals surface area contributed by atoms with Gasteiger partial charge in [-0.25, -0.2) is 13.8 Å². The number of halogens is 2. The minimum Gasteiger partial charge on any atom is -0.439 e. The molecule has 0 saturated carbocycles. The van der Waals surface area contributed by atoms with E-state index in [9.17, 15) is 8.78 Å². The van der Waals surface area contributed by atoms with Crippen molar-refractivity contribution in [1.82, 2.24) is 4.98 Å². The molecule has 0 aliphatic carbocycles. The Labute approximate surface area is 90.5 Å². The highest BCUT2D eigenvalue weighted by atomic mass is 19.2. The number of pyridine rings is 1. The van der Waals surface area contributed by atoms with Gasteiger partial charge >= 0.3 is 0 Å². The van der Waals surface area contributed by atoms with Crippen LogP contribution in [0.2, 0.25) is 0 Å². The second kappa shape index (κ2) is 4.14. The lowest BCUT2D eigenvalue weighted by Crippen LogP contribution is -1.91. The smallest absolute Gasteiger partial charge is 0.219 e. The number of anilines is 1. The monoisotopic (exact) mass is 222 g/mol. The van der Waals surface area contributed by atoms with E-state index >= 15 is 0 Å². The van der Waals surface area contributed by atoms with Gasteiger partial charge in [0, 0.05) is 12.1 Å². The Morgan fingerprint density at radius 1 is 1.06 bits per heavy atom. The van der Waals surface area contributed by atoms with Crippen molar-refractivity contribution in [2.24, 2.45) is 0 Å². The molecule has 2 N–H and O–H groups in total. The largest absolute Gasteiger partial charge is 0.439 e. The molecular formula is C11H8F2N2O. The van der Waals surface area contributed by atoms with Crippen molar-refractivity contribution < 1.29 is 13.5 Å². The third-order valence-corrected chi connectivity index (χ3v) is 1.87. The van der Waals surface area contributed by atoms with Crippen LogP contribution in [0.3, 0.4) is 0 Å². The molecule has 3 nitrogen and oxygen atoms in total. The van der Waals surface area contributed by atoms with Gasteiger partial charge in [-0.05, 0) is 18.2 Å². The first-order valence-electron chi connectivity index (χ1n) is 4.49. The van der Waals surface area contributed by atoms with E-state index in [2.05, 4.69) is 4.98 Å². The Morgan fingerprint density at radius 3 is 2.50 bits per heavy atom. The number of aromatic nitrogens is 1. The van der Waals surface area contributed by atoms with Crippen LogP contribution in [0.15, 0.2) is 36.5 Å². The number of hydrogen-bond donors (Lipinski definition) is 1. The molecule has 1 aromatic carbocycles. The Hall–Kier alpha value is -2.17. The van der Waals surface area contributed by atoms with E-state index in [-0.39, 0.29) is 11.6 Å². The minimum atomic E-state index is -0.965. The van der Waals surface area contributed by atoms with Crippen LogP contribution in [-0.2, 0) is 0 Å². The van der Waals surface area contributed by atoms with Gasteiger partial charge in [0.1, 0.15) is 5.75 Å². The topological polar surface area (TPSA) is 48.1 Å². The summed E-state index contributed by atoms with van der Waals surface area (Å²) in [4.78, 5) is 3.86. The number of nitrogens with two attached hydrogens (primary N) is 1. The standard InChI is InChI=1S/C11H8F2N2O/c12-9-3-2-8(5-10(9)13)16-11-4-1-7(14)6-15-11/h1-6H,14H2. The molecule has 0 saturated heterocycles. The molecule has 0 fully saturated rings. The summed E-state index contributed by atoms with van der Waals surface area (Å²) >= 11 is 0. The Bertz CT molecular complexity index is 500. The maximum atomic E-state index is 12.9. The van der Waals surface area contributed by atoms with Crippen molar-refractivity contribution in [3.8, 4) is 11.6 Å². The summed E-state index contributed by atoms with van der Waals surface area (Å²) in [6, 6.07) is 6.39. The van der Waals surface area contributed by atoms with Gasteiger partial charge in [-0.2, -0.15) is 0 Å². The fourth-order valence-electron chi connectivity index (χ4n) is 1.11. The van der Waals surface area contributed by atoms with E-state index in [1.807, 2.05) is 0 Å². The van der Waals surface area contributed by atoms with Crippen molar-refractivity contribution in [3.63, 3.8) is 0 Å². The molecule has 0 unspecified atom stereocenters. The molecule has 0 bridgehead atoms. The molecule has 1 aromatic heterocycles. The van der Waals surface area contributed by atoms with Crippen LogP contribution in [0, 0.1) is 11.6 Å². The molecule has 0 atom stereocenters. The van der Waals surface area contributed by atoms with Gasteiger partial charge in [0.25, 0.3) is 0 Å². The van der Waals surface area contributed by atoms with Crippen molar-refractivity contribution in [1.29, 1.82) is 0 Å². The van der Waals surface area contributed by atoms with Crippen LogP contribution in [0.25, 0.3) is 0 Å². The zero-order chi connectivity index (χ0) is 11.5. The van der Waals surface area contributed by atoms with Gasteiger partial charge in [-0.15, -0.1) is 0 Å². The minimum absolute atomic E-state index is 0.177. The van der Waals surface area contributed by atoms with Crippen molar-refractivity contribution in [3.05, 3.63) is 48.2 Å². The third kappa shape index (κ3) is 2.25. The highest BCUT2D eigenvalue weighted by molar-refractivity contribution is 5.37. The molecule has 2 rings (SSSR count). The van der Waals surface area contributed by atoms with Crippen molar-refractivity contribution in [2.45, 2.75) is 0 Å². The zero-order valence-electron chi connectivity index (χ0n) is 8.15. The second-order valence-corrected chi connectivity index (χ2v) is 3.11. The number of benzene rings is 1. The molecule has 2 aromatic rings. The molecule has 0 amide bonds. The molecule has 0 aliphatic heterocycles. The summed E-state index contributed by atoms with van der Waals surface area (Å²) in [5.74, 6) is -1.44. The lowest BCUT2D eigenvalue weighted by Gasteiger charge is -2.04. The fraction of sp³-hybridized carbons (Fsp3) is 0. The molecular weight excluding hydrogens is 214 g/mol. The van der Waals surface area contributed by atoms with Gasteiger partial charge < -0.3 is 10.5 Å². The highest BCUT2D eigenvalue weighted by Gasteiger charge is 2.04. The summed E-state index contributed by atoms with van der Waals surface area (Å²) in [6.07, 6.45) is 1.41. The average molecular weight is 222 g/mol. The maximum Gasteiger partial charge on any atom is 0.219 e. The Kier molecular flexibility index (Phi) is 2.68. The number of hydrogen-bond acceptors (Lipinski definition) is 3. The SMILES string of the molecule is Nc1ccc(Oc2ccc(F)c(F)c2)nc1. The van der Waals surface area contributed by atoms with E-state index in [1.165, 1.54) is 18.3 Å². The molecule has 82 valence electrons. The van der Waals surface area contributed by atoms with Gasteiger partial charge in [-0.1, -0.05) is 0 Å². The van der Waals surface area contributed by atoms with E-state index in [4.69, 9.17) is 10.5 Å². The van der Waals surface area contributed by atoms with Crippen LogP contribution in [0.4, 0.5) is 14.5 Å². The zero-order valence-corrected chi connectivity index (χ0v) is 8.15. The number of nitrogens with zero attached hydrogens (tertiary/aromatic N) is 1. The molecule has 16 heavy (non-hydrogen) atoms. The summed E-state index contributed by atoms with van der Waals surface area (Å²) < 4.78 is 30.7. The quantitative estimate of drug-likeness (QED) is 0.849. The maximum absolute atomic E-state index is 12.9. The van der Waals surface area contributed by atoms with Gasteiger partial charge in [0.05, 0.1) is 11.9 Å². The van der Waals surface area contributed by atoms with E-state index in [0.29, 0.717) is 5.69 Å². The van der Waals surface area contributed by atoms with E-state index in [0.717, 1.165) is 12.1 Å². The van der Waals surface area contributed by atoms with Crippen LogP contribution in [0.5, 0.6) is 11.6 Å². The lowest BCUT2D eigenvalue weighted by molar-refractivity contribution is 0.448. The molecule has 0 spiro atoms. The second-order valence-electron chi connectivity index (χ2n) is 3.11. The van der Waals surface area contributed by atoms with Crippen LogP contribution >= 0.6 is 0 Å². The Morgan fingerprint density at radius 2 is 1.88 bits per heavy atom. The number of nitrogen functional groups attached to an aromatic ring is 1. The first-order valence-corrected chi connectivity index (χ1v) is 4.49. The summed E-state index contributed by atoms with van der Waals surface area (Å²) in [5, 5.41) is 0. The summed E-state index contributed by atoms with van der Waals surface area (Å²) in [5.41, 5.74) is 5.93. The van der Waals surface area contributed by atoms with Crippen LogP contribution in [-0.4, -0.2) is 4.98 Å². The van der Waals surface area contributed by atoms with Crippen molar-refractivity contribution >= 4 is 5.69 Å². The summed E-state index contributed by atoms with van der Waals surface area (Å²) in [7, 11) is 0. The number of rotatable bonds is 2. The molecule has 5 heteroatoms. The molecule has 1 heterocycles. The van der Waals surface area contributed by atoms with Crippen LogP contribution in [0.1, 0.15) is 0 Å². The van der Waals surface area contributed by atoms with Gasteiger partial charge in [0.15, 0.2) is 11.6 Å². The normalized spacial score (nSPS) is 10.1.